The molecule has 0 amide bonds. The topological polar surface area (TPSA) is 61.8 Å². The fraction of sp³-hybridized carbons (Fsp3) is 0.677. The van der Waals surface area contributed by atoms with Gasteiger partial charge in [0.25, 0.3) is 0 Å². The number of fused-ring (bicyclic) bond motifs is 2. The number of ether oxygens (including phenoxy) is 2. The molecule has 0 radical (unpaired) electrons. The standard InChI is InChI=1S/C31H46O5Si/c1-31(2,3)37(5,6)36-20-26(32)27-23-14-15-24(18-23)28(27)29(33)30(22-10-8-7-9-11-22)35-19-21-12-16-25(34-4)17-13-21/h12-17,22-24,27-28,30H,7-11,18-20H2,1-6H3/t23-,24+,27-,28+,30+/m0/s1. The number of carbonyl (C=O) groups excluding carboxylic acids is 2. The highest BCUT2D eigenvalue weighted by molar-refractivity contribution is 6.74. The molecule has 4 rings (SSSR count). The number of rotatable bonds is 11. The average molecular weight is 527 g/mol. The van der Waals surface area contributed by atoms with Crippen LogP contribution in [0, 0.1) is 29.6 Å². The Balaban J connectivity index is 1.51. The zero-order valence-electron chi connectivity index (χ0n) is 23.6. The molecule has 1 aromatic carbocycles. The number of hydrogen-bond acceptors (Lipinski definition) is 5. The first kappa shape index (κ1) is 28.3. The van der Waals surface area contributed by atoms with Crippen molar-refractivity contribution in [3.05, 3.63) is 42.0 Å². The minimum atomic E-state index is -2.05. The number of allylic oxidation sites excluding steroid dienone is 2. The molecule has 2 bridgehead atoms. The smallest absolute Gasteiger partial charge is 0.192 e. The van der Waals surface area contributed by atoms with E-state index in [1.54, 1.807) is 7.11 Å². The fourth-order valence-electron chi connectivity index (χ4n) is 6.20. The third-order valence-corrected chi connectivity index (χ3v) is 14.0. The van der Waals surface area contributed by atoms with Crippen LogP contribution in [0.4, 0.5) is 0 Å². The molecule has 3 aliphatic rings. The zero-order chi connectivity index (χ0) is 26.8. The lowest BCUT2D eigenvalue weighted by molar-refractivity contribution is -0.146. The first-order chi connectivity index (χ1) is 17.5. The highest BCUT2D eigenvalue weighted by atomic mass is 28.4. The lowest BCUT2D eigenvalue weighted by Gasteiger charge is -2.37. The summed E-state index contributed by atoms with van der Waals surface area (Å²) in [6, 6.07) is 7.83. The van der Waals surface area contributed by atoms with Gasteiger partial charge in [-0.05, 0) is 72.8 Å². The second-order valence-electron chi connectivity index (χ2n) is 12.9. The summed E-state index contributed by atoms with van der Waals surface area (Å²) in [5, 5.41) is 0.0401. The normalized spacial score (nSPS) is 26.9. The summed E-state index contributed by atoms with van der Waals surface area (Å²) >= 11 is 0. The van der Waals surface area contributed by atoms with Gasteiger partial charge in [-0.25, -0.2) is 0 Å². The summed E-state index contributed by atoms with van der Waals surface area (Å²) in [7, 11) is -0.397. The van der Waals surface area contributed by atoms with Crippen LogP contribution in [0.15, 0.2) is 36.4 Å². The molecule has 204 valence electrons. The molecule has 0 saturated heterocycles. The van der Waals surface area contributed by atoms with Crippen LogP contribution in [0.1, 0.15) is 64.9 Å². The van der Waals surface area contributed by atoms with Crippen LogP contribution >= 0.6 is 0 Å². The molecule has 3 aliphatic carbocycles. The Kier molecular flexibility index (Phi) is 8.81. The Morgan fingerprint density at radius 3 is 2.19 bits per heavy atom. The Labute approximate surface area is 224 Å². The molecule has 6 heteroatoms. The van der Waals surface area contributed by atoms with Gasteiger partial charge in [-0.2, -0.15) is 0 Å². The summed E-state index contributed by atoms with van der Waals surface area (Å²) in [4.78, 5) is 27.9. The summed E-state index contributed by atoms with van der Waals surface area (Å²) in [5.41, 5.74) is 1.03. The van der Waals surface area contributed by atoms with Gasteiger partial charge >= 0.3 is 0 Å². The number of benzene rings is 1. The molecular formula is C31H46O5Si. The van der Waals surface area contributed by atoms with Crippen LogP contribution in [0.3, 0.4) is 0 Å². The number of ketones is 2. The van der Waals surface area contributed by atoms with Crippen LogP contribution in [0.25, 0.3) is 0 Å². The van der Waals surface area contributed by atoms with E-state index in [9.17, 15) is 9.59 Å². The van der Waals surface area contributed by atoms with Gasteiger partial charge in [0.1, 0.15) is 11.9 Å². The molecule has 37 heavy (non-hydrogen) atoms. The van der Waals surface area contributed by atoms with Crippen LogP contribution in [0.5, 0.6) is 5.75 Å². The SMILES string of the molecule is COc1ccc(CO[C@@H](C(=O)[C@H]2[C@H](C(=O)CO[Si](C)(C)C(C)(C)C)[C@H]3C=C[C@@H]2C3)C2CCCCC2)cc1. The number of hydrogen-bond donors (Lipinski definition) is 0. The zero-order valence-corrected chi connectivity index (χ0v) is 24.6. The van der Waals surface area contributed by atoms with Crippen molar-refractivity contribution in [1.82, 2.24) is 0 Å². The maximum Gasteiger partial charge on any atom is 0.192 e. The van der Waals surface area contributed by atoms with Crippen LogP contribution in [-0.2, 0) is 25.4 Å². The Hall–Kier alpha value is -1.76. The van der Waals surface area contributed by atoms with Crippen molar-refractivity contribution in [3.8, 4) is 5.75 Å². The van der Waals surface area contributed by atoms with E-state index in [4.69, 9.17) is 13.9 Å². The van der Waals surface area contributed by atoms with Crippen molar-refractivity contribution in [2.45, 2.75) is 90.1 Å². The third-order valence-electron chi connectivity index (χ3n) is 9.49. The Bertz CT molecular complexity index is 970. The second kappa shape index (κ2) is 11.5. The Morgan fingerprint density at radius 2 is 1.59 bits per heavy atom. The predicted molar refractivity (Wildman–Crippen MR) is 149 cm³/mol. The molecule has 0 N–H and O–H groups in total. The van der Waals surface area contributed by atoms with Crippen molar-refractivity contribution in [2.24, 2.45) is 29.6 Å². The van der Waals surface area contributed by atoms with Crippen molar-refractivity contribution in [2.75, 3.05) is 13.7 Å². The molecule has 1 aromatic rings. The quantitative estimate of drug-likeness (QED) is 0.235. The number of Topliss-reactive ketones (excluding diaryl/α,β-unsaturated/α-hetero) is 2. The first-order valence-electron chi connectivity index (χ1n) is 14.1. The van der Waals surface area contributed by atoms with Crippen molar-refractivity contribution in [1.29, 1.82) is 0 Å². The van der Waals surface area contributed by atoms with Crippen molar-refractivity contribution >= 4 is 19.9 Å². The molecule has 0 spiro atoms. The van der Waals surface area contributed by atoms with E-state index in [0.717, 1.165) is 43.4 Å². The molecule has 2 saturated carbocycles. The maximum atomic E-state index is 14.3. The molecular weight excluding hydrogens is 480 g/mol. The molecule has 0 aliphatic heterocycles. The lowest BCUT2D eigenvalue weighted by atomic mass is 9.73. The van der Waals surface area contributed by atoms with Crippen LogP contribution < -0.4 is 4.74 Å². The molecule has 5 nitrogen and oxygen atoms in total. The van der Waals surface area contributed by atoms with E-state index in [1.165, 1.54) is 6.42 Å². The monoisotopic (exact) mass is 526 g/mol. The number of methoxy groups -OCH3 is 1. The number of carbonyl (C=O) groups is 2. The second-order valence-corrected chi connectivity index (χ2v) is 17.7. The van der Waals surface area contributed by atoms with E-state index in [1.807, 2.05) is 24.3 Å². The molecule has 5 atom stereocenters. The molecule has 0 unspecified atom stereocenters. The highest BCUT2D eigenvalue weighted by Gasteiger charge is 2.53. The minimum absolute atomic E-state index is 0.0401. The summed E-state index contributed by atoms with van der Waals surface area (Å²) in [6.07, 6.45) is 10.3. The van der Waals surface area contributed by atoms with Crippen LogP contribution in [0.2, 0.25) is 18.1 Å². The van der Waals surface area contributed by atoms with E-state index >= 15 is 0 Å². The third kappa shape index (κ3) is 6.29. The van der Waals surface area contributed by atoms with Gasteiger partial charge in [-0.15, -0.1) is 0 Å². The van der Waals surface area contributed by atoms with Gasteiger partial charge < -0.3 is 13.9 Å². The van der Waals surface area contributed by atoms with Gasteiger partial charge in [0.05, 0.1) is 20.3 Å². The van der Waals surface area contributed by atoms with Crippen LogP contribution in [-0.4, -0.2) is 39.7 Å². The highest BCUT2D eigenvalue weighted by Crippen LogP contribution is 2.50. The van der Waals surface area contributed by atoms with E-state index < -0.39 is 14.4 Å². The summed E-state index contributed by atoms with van der Waals surface area (Å²) in [6.45, 7) is 11.4. The largest absolute Gasteiger partial charge is 0.497 e. The minimum Gasteiger partial charge on any atom is -0.497 e. The summed E-state index contributed by atoms with van der Waals surface area (Å²) < 4.78 is 18.1. The molecule has 0 aromatic heterocycles. The van der Waals surface area contributed by atoms with Crippen molar-refractivity contribution < 1.29 is 23.5 Å². The summed E-state index contributed by atoms with van der Waals surface area (Å²) in [5.74, 6) is 0.954. The molecule has 2 fully saturated rings. The predicted octanol–water partition coefficient (Wildman–Crippen LogP) is 6.76. The van der Waals surface area contributed by atoms with E-state index in [-0.39, 0.29) is 52.8 Å². The fourth-order valence-corrected chi connectivity index (χ4v) is 7.13. The van der Waals surface area contributed by atoms with Gasteiger partial charge in [0.2, 0.25) is 0 Å². The van der Waals surface area contributed by atoms with E-state index in [0.29, 0.717) is 6.61 Å². The lowest BCUT2D eigenvalue weighted by Crippen LogP contribution is -2.46. The van der Waals surface area contributed by atoms with Crippen molar-refractivity contribution in [3.63, 3.8) is 0 Å². The van der Waals surface area contributed by atoms with Gasteiger partial charge in [-0.1, -0.05) is 64.3 Å². The van der Waals surface area contributed by atoms with Gasteiger partial charge in [-0.3, -0.25) is 9.59 Å². The first-order valence-corrected chi connectivity index (χ1v) is 17.1. The average Bonchev–Trinajstić information content (AvgIpc) is 3.50. The van der Waals surface area contributed by atoms with E-state index in [2.05, 4.69) is 46.0 Å². The van der Waals surface area contributed by atoms with Gasteiger partial charge in [0, 0.05) is 11.8 Å². The molecule has 0 heterocycles. The van der Waals surface area contributed by atoms with Gasteiger partial charge in [0.15, 0.2) is 19.9 Å². The maximum absolute atomic E-state index is 14.3. The Morgan fingerprint density at radius 1 is 0.973 bits per heavy atom.